The SMILES string of the molecule is CS.Nc1nccc(Cl)c1C#Cc1ccc(C2=NCCN2)cc1. The molecule has 1 aromatic heterocycles. The molecule has 3 rings (SSSR count). The minimum absolute atomic E-state index is 0.344. The Kier molecular flexibility index (Phi) is 6.33. The maximum absolute atomic E-state index is 6.06. The number of anilines is 1. The van der Waals surface area contributed by atoms with Crippen molar-refractivity contribution >= 4 is 35.9 Å². The average molecular weight is 345 g/mol. The maximum Gasteiger partial charge on any atom is 0.140 e. The number of aromatic nitrogens is 1. The van der Waals surface area contributed by atoms with Crippen LogP contribution in [0.1, 0.15) is 16.7 Å². The minimum atomic E-state index is 0.344. The van der Waals surface area contributed by atoms with E-state index >= 15 is 0 Å². The van der Waals surface area contributed by atoms with Gasteiger partial charge >= 0.3 is 0 Å². The molecule has 1 aliphatic rings. The van der Waals surface area contributed by atoms with Crippen molar-refractivity contribution in [1.29, 1.82) is 0 Å². The predicted molar refractivity (Wildman–Crippen MR) is 100 cm³/mol. The number of benzene rings is 1. The molecule has 1 aliphatic heterocycles. The number of thiol groups is 1. The lowest BCUT2D eigenvalue weighted by Crippen LogP contribution is -2.19. The highest BCUT2D eigenvalue weighted by Gasteiger charge is 2.07. The van der Waals surface area contributed by atoms with Gasteiger partial charge in [-0.25, -0.2) is 4.98 Å². The summed E-state index contributed by atoms with van der Waals surface area (Å²) in [4.78, 5) is 8.37. The van der Waals surface area contributed by atoms with Gasteiger partial charge < -0.3 is 11.1 Å². The maximum atomic E-state index is 6.06. The number of halogens is 1. The number of hydrogen-bond acceptors (Lipinski definition) is 5. The third-order valence-electron chi connectivity index (χ3n) is 3.09. The molecule has 1 aromatic carbocycles. The van der Waals surface area contributed by atoms with Crippen molar-refractivity contribution in [1.82, 2.24) is 10.3 Å². The first-order valence-electron chi connectivity index (χ1n) is 6.99. The number of hydrogen-bond donors (Lipinski definition) is 3. The summed E-state index contributed by atoms with van der Waals surface area (Å²) in [5.41, 5.74) is 8.28. The highest BCUT2D eigenvalue weighted by molar-refractivity contribution is 7.79. The van der Waals surface area contributed by atoms with Gasteiger partial charge in [0, 0.05) is 23.9 Å². The largest absolute Gasteiger partial charge is 0.383 e. The third-order valence-corrected chi connectivity index (χ3v) is 3.41. The van der Waals surface area contributed by atoms with E-state index in [0.29, 0.717) is 16.4 Å². The number of nitrogens with one attached hydrogen (secondary N) is 1. The fraction of sp³-hybridized carbons (Fsp3) is 0.176. The van der Waals surface area contributed by atoms with Gasteiger partial charge in [0.25, 0.3) is 0 Å². The summed E-state index contributed by atoms with van der Waals surface area (Å²) in [7, 11) is 0. The lowest BCUT2D eigenvalue weighted by atomic mass is 10.1. The zero-order chi connectivity index (χ0) is 16.7. The van der Waals surface area contributed by atoms with E-state index in [-0.39, 0.29) is 0 Å². The average Bonchev–Trinajstić information content (AvgIpc) is 3.11. The second kappa shape index (κ2) is 8.47. The first-order chi connectivity index (χ1) is 11.2. The van der Waals surface area contributed by atoms with Crippen molar-refractivity contribution in [3.8, 4) is 11.8 Å². The van der Waals surface area contributed by atoms with Gasteiger partial charge in [0.05, 0.1) is 17.1 Å². The summed E-state index contributed by atoms with van der Waals surface area (Å²) < 4.78 is 0. The molecule has 3 N–H and O–H groups in total. The molecule has 2 heterocycles. The number of nitrogen functional groups attached to an aromatic ring is 1. The fourth-order valence-electron chi connectivity index (χ4n) is 2.01. The summed E-state index contributed by atoms with van der Waals surface area (Å²) in [6.45, 7) is 1.73. The number of pyridine rings is 1. The molecule has 0 aliphatic carbocycles. The Morgan fingerprint density at radius 1 is 1.17 bits per heavy atom. The van der Waals surface area contributed by atoms with Crippen molar-refractivity contribution in [2.24, 2.45) is 4.99 Å². The molecule has 0 saturated heterocycles. The van der Waals surface area contributed by atoms with Gasteiger partial charge in [-0.05, 0) is 24.5 Å². The molecule has 0 unspecified atom stereocenters. The van der Waals surface area contributed by atoms with Gasteiger partial charge in [0.2, 0.25) is 0 Å². The van der Waals surface area contributed by atoms with E-state index in [4.69, 9.17) is 17.3 Å². The van der Waals surface area contributed by atoms with Crippen molar-refractivity contribution < 1.29 is 0 Å². The monoisotopic (exact) mass is 344 g/mol. The van der Waals surface area contributed by atoms with E-state index in [1.165, 1.54) is 0 Å². The molecular formula is C17H17ClN4S. The molecule has 2 aromatic rings. The number of amidine groups is 1. The zero-order valence-electron chi connectivity index (χ0n) is 12.7. The summed E-state index contributed by atoms with van der Waals surface area (Å²) in [6, 6.07) is 9.57. The summed E-state index contributed by atoms with van der Waals surface area (Å²) >= 11 is 9.59. The molecule has 0 atom stereocenters. The predicted octanol–water partition coefficient (Wildman–Crippen LogP) is 2.61. The molecule has 0 amide bonds. The van der Waals surface area contributed by atoms with E-state index in [9.17, 15) is 0 Å². The summed E-state index contributed by atoms with van der Waals surface area (Å²) in [5.74, 6) is 7.30. The summed E-state index contributed by atoms with van der Waals surface area (Å²) in [6.07, 6.45) is 3.26. The van der Waals surface area contributed by atoms with Gasteiger partial charge in [-0.3, -0.25) is 4.99 Å². The smallest absolute Gasteiger partial charge is 0.140 e. The van der Waals surface area contributed by atoms with Crippen LogP contribution < -0.4 is 11.1 Å². The standard InChI is InChI=1S/C16H13ClN4.CH4S/c17-14-7-8-19-15(18)13(14)6-3-11-1-4-12(5-2-11)16-20-9-10-21-16;1-2/h1-2,4-5,7-8H,9-10H2,(H2,18,19)(H,20,21);2H,1H3. The van der Waals surface area contributed by atoms with E-state index < -0.39 is 0 Å². The zero-order valence-corrected chi connectivity index (χ0v) is 14.3. The Bertz CT molecular complexity index is 740. The molecule has 0 bridgehead atoms. The van der Waals surface area contributed by atoms with Gasteiger partial charge in [-0.15, -0.1) is 0 Å². The highest BCUT2D eigenvalue weighted by atomic mass is 35.5. The van der Waals surface area contributed by atoms with E-state index in [1.807, 2.05) is 24.3 Å². The van der Waals surface area contributed by atoms with Crippen LogP contribution >= 0.6 is 24.2 Å². The first kappa shape index (κ1) is 17.2. The summed E-state index contributed by atoms with van der Waals surface area (Å²) in [5, 5.41) is 3.75. The van der Waals surface area contributed by atoms with Crippen LogP contribution in [-0.2, 0) is 0 Å². The molecule has 4 nitrogen and oxygen atoms in total. The molecule has 23 heavy (non-hydrogen) atoms. The lowest BCUT2D eigenvalue weighted by molar-refractivity contribution is 0.960. The molecule has 0 fully saturated rings. The molecule has 6 heteroatoms. The van der Waals surface area contributed by atoms with E-state index in [1.54, 1.807) is 18.5 Å². The van der Waals surface area contributed by atoms with Crippen molar-refractivity contribution in [2.45, 2.75) is 0 Å². The molecule has 0 spiro atoms. The van der Waals surface area contributed by atoms with Gasteiger partial charge in [-0.2, -0.15) is 12.6 Å². The number of nitrogens with two attached hydrogens (primary N) is 1. The quantitative estimate of drug-likeness (QED) is 0.550. The fourth-order valence-corrected chi connectivity index (χ4v) is 2.21. The molecule has 118 valence electrons. The van der Waals surface area contributed by atoms with Crippen LogP contribution in [0.25, 0.3) is 0 Å². The Hall–Kier alpha value is -2.16. The van der Waals surface area contributed by atoms with Crippen LogP contribution in [0.3, 0.4) is 0 Å². The van der Waals surface area contributed by atoms with Gasteiger partial charge in [0.1, 0.15) is 11.7 Å². The van der Waals surface area contributed by atoms with Crippen LogP contribution in [0.15, 0.2) is 41.5 Å². The molecule has 0 radical (unpaired) electrons. The Morgan fingerprint density at radius 2 is 1.91 bits per heavy atom. The number of aliphatic imine (C=N–C) groups is 1. The van der Waals surface area contributed by atoms with Crippen LogP contribution in [0, 0.1) is 11.8 Å². The first-order valence-corrected chi connectivity index (χ1v) is 8.27. The van der Waals surface area contributed by atoms with Gasteiger partial charge in [-0.1, -0.05) is 35.6 Å². The topological polar surface area (TPSA) is 63.3 Å². The third kappa shape index (κ3) is 4.41. The Balaban J connectivity index is 0.000000924. The second-order valence-corrected chi connectivity index (χ2v) is 4.94. The van der Waals surface area contributed by atoms with Crippen LogP contribution in [0.2, 0.25) is 5.02 Å². The lowest BCUT2D eigenvalue weighted by Gasteiger charge is -2.02. The minimum Gasteiger partial charge on any atom is -0.383 e. The Morgan fingerprint density at radius 3 is 2.52 bits per heavy atom. The number of nitrogens with zero attached hydrogens (tertiary/aromatic N) is 2. The van der Waals surface area contributed by atoms with Crippen LogP contribution in [0.4, 0.5) is 5.82 Å². The highest BCUT2D eigenvalue weighted by Crippen LogP contribution is 2.18. The van der Waals surface area contributed by atoms with E-state index in [2.05, 4.69) is 39.8 Å². The normalized spacial score (nSPS) is 12.2. The van der Waals surface area contributed by atoms with Crippen LogP contribution in [0.5, 0.6) is 0 Å². The molecular weight excluding hydrogens is 328 g/mol. The van der Waals surface area contributed by atoms with Crippen molar-refractivity contribution in [2.75, 3.05) is 25.1 Å². The van der Waals surface area contributed by atoms with Crippen molar-refractivity contribution in [3.05, 3.63) is 58.2 Å². The molecule has 0 saturated carbocycles. The van der Waals surface area contributed by atoms with E-state index in [0.717, 1.165) is 30.1 Å². The van der Waals surface area contributed by atoms with Gasteiger partial charge in [0.15, 0.2) is 0 Å². The number of rotatable bonds is 1. The van der Waals surface area contributed by atoms with Crippen LogP contribution in [-0.4, -0.2) is 30.2 Å². The Labute approximate surface area is 146 Å². The van der Waals surface area contributed by atoms with Crippen molar-refractivity contribution in [3.63, 3.8) is 0 Å². The second-order valence-electron chi connectivity index (χ2n) is 4.54.